The Morgan fingerprint density at radius 1 is 1.31 bits per heavy atom. The Morgan fingerprint density at radius 2 is 2.04 bits per heavy atom. The van der Waals surface area contributed by atoms with Gasteiger partial charge in [-0.25, -0.2) is 4.57 Å². The van der Waals surface area contributed by atoms with Crippen molar-refractivity contribution in [2.75, 3.05) is 13.2 Å². The molecule has 7 heteroatoms. The smallest absolute Gasteiger partial charge is 0.469 e. The molecule has 146 valence electrons. The maximum Gasteiger partial charge on any atom is 0.469 e. The summed E-state index contributed by atoms with van der Waals surface area (Å²) in [7, 11) is -4.48. The van der Waals surface area contributed by atoms with Gasteiger partial charge in [0.25, 0.3) is 0 Å². The standard InChI is InChI=1S/C19H30NO5P/c1-2-3-4-5-6-13-24-18-9-7-16(8-10-18)17-11-12-19(20,14-17)15-25-26(21,22)23/h3-4,7-10,17H,2,5-6,11-15,20H2,1H3,(H2,21,22,23)/b4-3-/t17-,19-/m1/s1. The zero-order valence-corrected chi connectivity index (χ0v) is 16.2. The van der Waals surface area contributed by atoms with Crippen LogP contribution in [0.15, 0.2) is 36.4 Å². The van der Waals surface area contributed by atoms with Crippen LogP contribution in [0.4, 0.5) is 0 Å². The lowest BCUT2D eigenvalue weighted by Crippen LogP contribution is -2.41. The van der Waals surface area contributed by atoms with Crippen LogP contribution in [0.2, 0.25) is 0 Å². The summed E-state index contributed by atoms with van der Waals surface area (Å²) < 4.78 is 21.2. The third kappa shape index (κ3) is 7.22. The van der Waals surface area contributed by atoms with E-state index in [4.69, 9.17) is 20.3 Å². The maximum absolute atomic E-state index is 10.9. The number of benzene rings is 1. The lowest BCUT2D eigenvalue weighted by Gasteiger charge is -2.24. The van der Waals surface area contributed by atoms with Crippen LogP contribution in [-0.4, -0.2) is 28.5 Å². The minimum Gasteiger partial charge on any atom is -0.494 e. The number of phosphoric ester groups is 1. The highest BCUT2D eigenvalue weighted by Crippen LogP contribution is 2.43. The van der Waals surface area contributed by atoms with Crippen LogP contribution in [-0.2, 0) is 9.09 Å². The van der Waals surface area contributed by atoms with Crippen molar-refractivity contribution in [3.8, 4) is 5.75 Å². The van der Waals surface area contributed by atoms with Gasteiger partial charge in [-0.3, -0.25) is 4.52 Å². The van der Waals surface area contributed by atoms with Gasteiger partial charge in [0.05, 0.1) is 13.2 Å². The third-order valence-electron chi connectivity index (χ3n) is 4.70. The molecule has 1 aliphatic rings. The summed E-state index contributed by atoms with van der Waals surface area (Å²) >= 11 is 0. The van der Waals surface area contributed by atoms with E-state index in [-0.39, 0.29) is 12.5 Å². The molecule has 4 N–H and O–H groups in total. The van der Waals surface area contributed by atoms with Crippen LogP contribution in [0.3, 0.4) is 0 Å². The Hall–Kier alpha value is -1.17. The molecule has 1 fully saturated rings. The van der Waals surface area contributed by atoms with Gasteiger partial charge in [0, 0.05) is 5.54 Å². The molecule has 0 amide bonds. The fourth-order valence-corrected chi connectivity index (χ4v) is 3.72. The maximum atomic E-state index is 10.9. The van der Waals surface area contributed by atoms with Gasteiger partial charge in [0.2, 0.25) is 0 Å². The number of phosphoric acid groups is 1. The van der Waals surface area contributed by atoms with E-state index >= 15 is 0 Å². The molecule has 0 aromatic heterocycles. The second-order valence-corrected chi connectivity index (χ2v) is 8.24. The van der Waals surface area contributed by atoms with E-state index in [1.807, 2.05) is 24.3 Å². The Balaban J connectivity index is 1.79. The highest BCUT2D eigenvalue weighted by atomic mass is 31.2. The number of rotatable bonds is 10. The number of allylic oxidation sites excluding steroid dienone is 2. The summed E-state index contributed by atoms with van der Waals surface area (Å²) in [5.74, 6) is 1.13. The van der Waals surface area contributed by atoms with Gasteiger partial charge in [-0.1, -0.05) is 31.2 Å². The van der Waals surface area contributed by atoms with E-state index in [0.29, 0.717) is 19.4 Å². The quantitative estimate of drug-likeness (QED) is 0.322. The van der Waals surface area contributed by atoms with Crippen LogP contribution in [0.25, 0.3) is 0 Å². The summed E-state index contributed by atoms with van der Waals surface area (Å²) in [5, 5.41) is 0. The van der Waals surface area contributed by atoms with Crippen LogP contribution in [0.1, 0.15) is 56.9 Å². The minimum absolute atomic E-state index is 0.124. The van der Waals surface area contributed by atoms with Crippen molar-refractivity contribution in [3.05, 3.63) is 42.0 Å². The molecule has 0 bridgehead atoms. The van der Waals surface area contributed by atoms with Gasteiger partial charge in [-0.15, -0.1) is 0 Å². The van der Waals surface area contributed by atoms with Gasteiger partial charge in [0.1, 0.15) is 5.75 Å². The van der Waals surface area contributed by atoms with Crippen molar-refractivity contribution in [3.63, 3.8) is 0 Å². The van der Waals surface area contributed by atoms with Crippen LogP contribution >= 0.6 is 7.82 Å². The number of ether oxygens (including phenoxy) is 1. The molecule has 0 radical (unpaired) electrons. The van der Waals surface area contributed by atoms with Crippen molar-refractivity contribution >= 4 is 7.82 Å². The Kier molecular flexibility index (Phi) is 7.86. The molecule has 1 aliphatic carbocycles. The average molecular weight is 383 g/mol. The summed E-state index contributed by atoms with van der Waals surface area (Å²) in [6, 6.07) is 8.04. The van der Waals surface area contributed by atoms with Crippen molar-refractivity contribution in [1.29, 1.82) is 0 Å². The van der Waals surface area contributed by atoms with Gasteiger partial charge < -0.3 is 20.3 Å². The van der Waals surface area contributed by atoms with E-state index < -0.39 is 13.4 Å². The summed E-state index contributed by atoms with van der Waals surface area (Å²) in [5.41, 5.74) is 6.73. The van der Waals surface area contributed by atoms with Gasteiger partial charge in [-0.2, -0.15) is 0 Å². The lowest BCUT2D eigenvalue weighted by molar-refractivity contribution is 0.153. The fourth-order valence-electron chi connectivity index (χ4n) is 3.30. The summed E-state index contributed by atoms with van der Waals surface area (Å²) in [4.78, 5) is 17.7. The highest BCUT2D eigenvalue weighted by molar-refractivity contribution is 7.46. The van der Waals surface area contributed by atoms with E-state index in [1.165, 1.54) is 5.56 Å². The second kappa shape index (κ2) is 9.67. The first-order valence-electron chi connectivity index (χ1n) is 9.18. The third-order valence-corrected chi connectivity index (χ3v) is 5.17. The molecule has 2 rings (SSSR count). The normalized spacial score (nSPS) is 23.6. The van der Waals surface area contributed by atoms with Crippen LogP contribution < -0.4 is 10.5 Å². The van der Waals surface area contributed by atoms with E-state index in [0.717, 1.165) is 31.4 Å². The molecule has 1 saturated carbocycles. The minimum atomic E-state index is -4.48. The monoisotopic (exact) mass is 383 g/mol. The van der Waals surface area contributed by atoms with Gasteiger partial charge in [0.15, 0.2) is 0 Å². The highest BCUT2D eigenvalue weighted by Gasteiger charge is 2.38. The SMILES string of the molecule is CC/C=C\CCCOc1ccc([C@@H]2CC[C@](N)(COP(=O)(O)O)C2)cc1. The van der Waals surface area contributed by atoms with Crippen molar-refractivity contribution in [2.24, 2.45) is 5.73 Å². The Labute approximate surface area is 155 Å². The van der Waals surface area contributed by atoms with E-state index in [1.54, 1.807) is 0 Å². The van der Waals surface area contributed by atoms with Gasteiger partial charge in [-0.05, 0) is 62.1 Å². The van der Waals surface area contributed by atoms with Crippen molar-refractivity contribution < 1.29 is 23.6 Å². The first kappa shape index (κ1) is 21.1. The molecule has 1 aromatic rings. The zero-order chi connectivity index (χ0) is 19.0. The summed E-state index contributed by atoms with van der Waals surface area (Å²) in [6.07, 6.45) is 9.65. The van der Waals surface area contributed by atoms with Crippen LogP contribution in [0.5, 0.6) is 5.75 Å². The number of nitrogens with two attached hydrogens (primary N) is 1. The van der Waals surface area contributed by atoms with E-state index in [9.17, 15) is 4.57 Å². The topological polar surface area (TPSA) is 102 Å². The number of unbranched alkanes of at least 4 members (excludes halogenated alkanes) is 1. The molecular weight excluding hydrogens is 353 g/mol. The first-order chi connectivity index (χ1) is 12.3. The molecular formula is C19H30NO5P. The molecule has 0 saturated heterocycles. The predicted octanol–water partition coefficient (Wildman–Crippen LogP) is 3.89. The van der Waals surface area contributed by atoms with E-state index in [2.05, 4.69) is 23.6 Å². The Bertz CT molecular complexity index is 627. The van der Waals surface area contributed by atoms with Crippen molar-refractivity contribution in [1.82, 2.24) is 0 Å². The first-order valence-corrected chi connectivity index (χ1v) is 10.7. The largest absolute Gasteiger partial charge is 0.494 e. The molecule has 1 aromatic carbocycles. The van der Waals surface area contributed by atoms with Crippen molar-refractivity contribution in [2.45, 2.75) is 56.9 Å². The lowest BCUT2D eigenvalue weighted by atomic mass is 9.94. The fraction of sp³-hybridized carbons (Fsp3) is 0.579. The Morgan fingerprint density at radius 3 is 2.69 bits per heavy atom. The molecule has 6 nitrogen and oxygen atoms in total. The predicted molar refractivity (Wildman–Crippen MR) is 102 cm³/mol. The number of hydrogen-bond acceptors (Lipinski definition) is 4. The average Bonchev–Trinajstić information content (AvgIpc) is 2.99. The molecule has 0 unspecified atom stereocenters. The van der Waals surface area contributed by atoms with Gasteiger partial charge >= 0.3 is 7.82 Å². The number of hydrogen-bond donors (Lipinski definition) is 3. The molecule has 0 heterocycles. The summed E-state index contributed by atoms with van der Waals surface area (Å²) in [6.45, 7) is 2.70. The second-order valence-electron chi connectivity index (χ2n) is 7.01. The molecule has 0 aliphatic heterocycles. The van der Waals surface area contributed by atoms with Crippen LogP contribution in [0, 0.1) is 0 Å². The molecule has 0 spiro atoms. The zero-order valence-electron chi connectivity index (χ0n) is 15.3. The molecule has 2 atom stereocenters. The molecule has 26 heavy (non-hydrogen) atoms.